The van der Waals surface area contributed by atoms with E-state index in [1.807, 2.05) is 0 Å². The minimum atomic E-state index is -1.12. The summed E-state index contributed by atoms with van der Waals surface area (Å²) in [4.78, 5) is 26.5. The topological polar surface area (TPSA) is 88.0 Å². The van der Waals surface area contributed by atoms with E-state index in [2.05, 4.69) is 10.1 Å². The van der Waals surface area contributed by atoms with Crippen LogP contribution < -0.4 is 5.56 Å². The van der Waals surface area contributed by atoms with Crippen molar-refractivity contribution in [2.24, 2.45) is 7.05 Å². The van der Waals surface area contributed by atoms with E-state index in [0.29, 0.717) is 11.3 Å². The lowest BCUT2D eigenvalue weighted by molar-refractivity contribution is 0.0699. The Hall–Kier alpha value is -2.11. The van der Waals surface area contributed by atoms with Gasteiger partial charge in [0.1, 0.15) is 0 Å². The molecule has 2 aromatic rings. The molecule has 2 aromatic heterocycles. The number of hydrogen-bond acceptors (Lipinski definition) is 3. The Balaban J connectivity index is 3.03. The smallest absolute Gasteiger partial charge is 0.336 e. The first kappa shape index (κ1) is 9.45. The minimum absolute atomic E-state index is 0.0145. The summed E-state index contributed by atoms with van der Waals surface area (Å²) in [6.45, 7) is 1.68. The summed E-state index contributed by atoms with van der Waals surface area (Å²) in [7, 11) is 1.61. The van der Waals surface area contributed by atoms with Crippen LogP contribution in [0.5, 0.6) is 0 Å². The van der Waals surface area contributed by atoms with Crippen molar-refractivity contribution in [2.45, 2.75) is 6.92 Å². The summed E-state index contributed by atoms with van der Waals surface area (Å²) in [5.74, 6) is -1.12. The maximum Gasteiger partial charge on any atom is 0.336 e. The van der Waals surface area contributed by atoms with E-state index in [-0.39, 0.29) is 10.9 Å². The number of carboxylic acids is 1. The number of H-pyrrole nitrogens is 1. The van der Waals surface area contributed by atoms with E-state index in [4.69, 9.17) is 5.11 Å². The largest absolute Gasteiger partial charge is 0.478 e. The van der Waals surface area contributed by atoms with Crippen molar-refractivity contribution in [2.75, 3.05) is 0 Å². The molecular formula is C9H9N3O3. The molecule has 0 saturated heterocycles. The van der Waals surface area contributed by atoms with Gasteiger partial charge in [0.15, 0.2) is 5.65 Å². The van der Waals surface area contributed by atoms with Crippen LogP contribution in [-0.2, 0) is 7.05 Å². The van der Waals surface area contributed by atoms with Gasteiger partial charge in [0, 0.05) is 12.7 Å². The molecular weight excluding hydrogens is 198 g/mol. The van der Waals surface area contributed by atoms with Gasteiger partial charge in [0.05, 0.1) is 10.9 Å². The number of carboxylic acid groups (broad SMARTS) is 1. The maximum absolute atomic E-state index is 11.5. The number of pyridine rings is 1. The van der Waals surface area contributed by atoms with Crippen LogP contribution >= 0.6 is 0 Å². The first-order chi connectivity index (χ1) is 7.00. The zero-order chi connectivity index (χ0) is 11.2. The fraction of sp³-hybridized carbons (Fsp3) is 0.222. The molecule has 0 spiro atoms. The fourth-order valence-electron chi connectivity index (χ4n) is 1.55. The number of rotatable bonds is 1. The normalized spacial score (nSPS) is 10.8. The predicted octanol–water partition coefficient (Wildman–Crippen LogP) is 0.268. The van der Waals surface area contributed by atoms with Crippen molar-refractivity contribution >= 4 is 17.0 Å². The Morgan fingerprint density at radius 3 is 2.87 bits per heavy atom. The van der Waals surface area contributed by atoms with Crippen molar-refractivity contribution in [3.63, 3.8) is 0 Å². The number of nitrogens with zero attached hydrogens (tertiary/aromatic N) is 2. The van der Waals surface area contributed by atoms with Crippen LogP contribution in [0.3, 0.4) is 0 Å². The number of nitrogens with one attached hydrogen (secondary N) is 1. The summed E-state index contributed by atoms with van der Waals surface area (Å²) in [6, 6.07) is 1.39. The molecule has 2 N–H and O–H groups in total. The number of aromatic amines is 1. The highest BCUT2D eigenvalue weighted by molar-refractivity contribution is 6.01. The average molecular weight is 207 g/mol. The molecule has 0 atom stereocenters. The highest BCUT2D eigenvalue weighted by Gasteiger charge is 2.16. The van der Waals surface area contributed by atoms with Crippen molar-refractivity contribution < 1.29 is 9.90 Å². The molecule has 78 valence electrons. The van der Waals surface area contributed by atoms with Crippen LogP contribution in [0.1, 0.15) is 16.1 Å². The van der Waals surface area contributed by atoms with Crippen molar-refractivity contribution in [1.29, 1.82) is 0 Å². The van der Waals surface area contributed by atoms with Gasteiger partial charge in [-0.3, -0.25) is 14.6 Å². The van der Waals surface area contributed by atoms with Gasteiger partial charge in [-0.15, -0.1) is 0 Å². The third kappa shape index (κ3) is 1.30. The first-order valence-corrected chi connectivity index (χ1v) is 4.30. The van der Waals surface area contributed by atoms with E-state index in [1.54, 1.807) is 14.0 Å². The molecule has 0 fully saturated rings. The Bertz CT molecular complexity index is 609. The van der Waals surface area contributed by atoms with Crippen LogP contribution in [-0.4, -0.2) is 25.8 Å². The molecule has 6 heteroatoms. The van der Waals surface area contributed by atoms with E-state index < -0.39 is 11.5 Å². The maximum atomic E-state index is 11.5. The summed E-state index contributed by atoms with van der Waals surface area (Å²) >= 11 is 0. The molecule has 0 aliphatic rings. The zero-order valence-electron chi connectivity index (χ0n) is 8.24. The summed E-state index contributed by atoms with van der Waals surface area (Å²) in [5, 5.41) is 11.5. The second-order valence-corrected chi connectivity index (χ2v) is 3.31. The highest BCUT2D eigenvalue weighted by atomic mass is 16.4. The van der Waals surface area contributed by atoms with E-state index >= 15 is 0 Å². The van der Waals surface area contributed by atoms with E-state index in [0.717, 1.165) is 0 Å². The molecule has 0 saturated carbocycles. The van der Waals surface area contributed by atoms with Crippen molar-refractivity contribution in [3.05, 3.63) is 27.7 Å². The third-order valence-electron chi connectivity index (χ3n) is 2.17. The van der Waals surface area contributed by atoms with E-state index in [9.17, 15) is 9.59 Å². The third-order valence-corrected chi connectivity index (χ3v) is 2.17. The number of aromatic nitrogens is 3. The van der Waals surface area contributed by atoms with Gasteiger partial charge in [-0.25, -0.2) is 9.78 Å². The molecule has 15 heavy (non-hydrogen) atoms. The fourth-order valence-corrected chi connectivity index (χ4v) is 1.55. The van der Waals surface area contributed by atoms with Crippen LogP contribution in [0.2, 0.25) is 0 Å². The van der Waals surface area contributed by atoms with Gasteiger partial charge in [0.25, 0.3) is 5.56 Å². The SMILES string of the molecule is Cc1cc(C(=O)O)c2c(=O)[nH]n(C)c2n1. The first-order valence-electron chi connectivity index (χ1n) is 4.30. The van der Waals surface area contributed by atoms with Crippen LogP contribution in [0.15, 0.2) is 10.9 Å². The lowest BCUT2D eigenvalue weighted by atomic mass is 10.1. The number of fused-ring (bicyclic) bond motifs is 1. The van der Waals surface area contributed by atoms with Gasteiger partial charge in [0.2, 0.25) is 0 Å². The summed E-state index contributed by atoms with van der Waals surface area (Å²) in [6.07, 6.45) is 0. The average Bonchev–Trinajstić information content (AvgIpc) is 2.41. The van der Waals surface area contributed by atoms with Crippen LogP contribution in [0, 0.1) is 6.92 Å². The predicted molar refractivity (Wildman–Crippen MR) is 53.0 cm³/mol. The molecule has 0 aliphatic carbocycles. The summed E-state index contributed by atoms with van der Waals surface area (Å²) in [5.41, 5.74) is 0.476. The van der Waals surface area contributed by atoms with Gasteiger partial charge in [-0.05, 0) is 13.0 Å². The number of aromatic carboxylic acids is 1. The van der Waals surface area contributed by atoms with Crippen molar-refractivity contribution in [3.8, 4) is 0 Å². The quantitative estimate of drug-likeness (QED) is 0.702. The standard InChI is InChI=1S/C9H9N3O3/c1-4-3-5(9(14)15)6-7(10-4)12(2)11-8(6)13/h3H,1-2H3,(H,11,13)(H,14,15). The Kier molecular flexibility index (Phi) is 1.85. The number of aryl methyl sites for hydroxylation is 2. The molecule has 0 unspecified atom stereocenters. The van der Waals surface area contributed by atoms with Gasteiger partial charge in [-0.2, -0.15) is 0 Å². The minimum Gasteiger partial charge on any atom is -0.478 e. The Morgan fingerprint density at radius 1 is 1.60 bits per heavy atom. The van der Waals surface area contributed by atoms with Gasteiger partial charge >= 0.3 is 5.97 Å². The molecule has 0 amide bonds. The number of hydrogen-bond donors (Lipinski definition) is 2. The Labute approximate surface area is 84.2 Å². The Morgan fingerprint density at radius 2 is 2.27 bits per heavy atom. The van der Waals surface area contributed by atoms with Gasteiger partial charge in [-0.1, -0.05) is 0 Å². The number of carbonyl (C=O) groups is 1. The highest BCUT2D eigenvalue weighted by Crippen LogP contribution is 2.13. The second-order valence-electron chi connectivity index (χ2n) is 3.31. The van der Waals surface area contributed by atoms with E-state index in [1.165, 1.54) is 10.7 Å². The molecule has 0 aliphatic heterocycles. The molecule has 2 heterocycles. The molecule has 2 rings (SSSR count). The second kappa shape index (κ2) is 2.94. The lowest BCUT2D eigenvalue weighted by Crippen LogP contribution is -2.06. The molecule has 0 radical (unpaired) electrons. The van der Waals surface area contributed by atoms with Crippen molar-refractivity contribution in [1.82, 2.24) is 14.8 Å². The van der Waals surface area contributed by atoms with Gasteiger partial charge < -0.3 is 5.11 Å². The van der Waals surface area contributed by atoms with Crippen LogP contribution in [0.4, 0.5) is 0 Å². The lowest BCUT2D eigenvalue weighted by Gasteiger charge is -1.99. The monoisotopic (exact) mass is 207 g/mol. The van der Waals surface area contributed by atoms with Crippen LogP contribution in [0.25, 0.3) is 11.0 Å². The summed E-state index contributed by atoms with van der Waals surface area (Å²) < 4.78 is 1.41. The molecule has 0 aromatic carbocycles. The zero-order valence-corrected chi connectivity index (χ0v) is 8.24. The molecule has 0 bridgehead atoms. The molecule has 6 nitrogen and oxygen atoms in total.